The summed E-state index contributed by atoms with van der Waals surface area (Å²) in [4.78, 5) is 12.4. The molecule has 0 radical (unpaired) electrons. The first kappa shape index (κ1) is 14.3. The minimum atomic E-state index is 0.161. The highest BCUT2D eigenvalue weighted by molar-refractivity contribution is 5.83. The van der Waals surface area contributed by atoms with Crippen LogP contribution in [0.25, 0.3) is 0 Å². The van der Waals surface area contributed by atoms with E-state index in [4.69, 9.17) is 5.73 Å². The average molecular weight is 263 g/mol. The number of carbonyl (C=O) groups is 1. The van der Waals surface area contributed by atoms with Gasteiger partial charge in [-0.1, -0.05) is 13.3 Å². The van der Waals surface area contributed by atoms with Crippen molar-refractivity contribution in [1.82, 2.24) is 9.78 Å². The second-order valence-electron chi connectivity index (χ2n) is 5.56. The lowest BCUT2D eigenvalue weighted by Gasteiger charge is -2.25. The second kappa shape index (κ2) is 6.33. The fourth-order valence-corrected chi connectivity index (χ4v) is 2.95. The zero-order chi connectivity index (χ0) is 13.8. The Hall–Kier alpha value is -1.16. The lowest BCUT2D eigenvalue weighted by atomic mass is 9.82. The molecule has 0 bridgehead atoms. The molecule has 0 amide bonds. The van der Waals surface area contributed by atoms with Crippen molar-refractivity contribution in [3.05, 3.63) is 17.5 Å². The number of carbonyl (C=O) groups excluding carboxylic acids is 1. The Labute approximate surface area is 115 Å². The van der Waals surface area contributed by atoms with Crippen molar-refractivity contribution in [2.75, 3.05) is 0 Å². The van der Waals surface area contributed by atoms with E-state index in [1.165, 1.54) is 0 Å². The second-order valence-corrected chi connectivity index (χ2v) is 5.56. The summed E-state index contributed by atoms with van der Waals surface area (Å²) in [5, 5.41) is 4.50. The maximum absolute atomic E-state index is 12.4. The van der Waals surface area contributed by atoms with Crippen LogP contribution in [-0.2, 0) is 24.2 Å². The van der Waals surface area contributed by atoms with Gasteiger partial charge < -0.3 is 5.73 Å². The normalized spacial score (nSPS) is 23.5. The summed E-state index contributed by atoms with van der Waals surface area (Å²) in [5.41, 5.74) is 8.10. The summed E-state index contributed by atoms with van der Waals surface area (Å²) < 4.78 is 1.96. The molecular weight excluding hydrogens is 238 g/mol. The Bertz CT molecular complexity index is 439. The van der Waals surface area contributed by atoms with Gasteiger partial charge in [0.2, 0.25) is 0 Å². The molecule has 4 heteroatoms. The molecule has 2 rings (SSSR count). The molecule has 2 N–H and O–H groups in total. The molecule has 1 aromatic rings. The number of rotatable bonds is 5. The number of nitrogens with zero attached hydrogens (tertiary/aromatic N) is 2. The first-order valence-electron chi connectivity index (χ1n) is 7.47. The van der Waals surface area contributed by atoms with Gasteiger partial charge in [0.25, 0.3) is 0 Å². The molecule has 19 heavy (non-hydrogen) atoms. The SMILES string of the molecule is CCc1cc(CC(=O)C2CCCC(N)C2)n(CC)n1. The highest BCUT2D eigenvalue weighted by Gasteiger charge is 2.26. The summed E-state index contributed by atoms with van der Waals surface area (Å²) in [7, 11) is 0. The zero-order valence-corrected chi connectivity index (χ0v) is 12.1. The van der Waals surface area contributed by atoms with Gasteiger partial charge >= 0.3 is 0 Å². The van der Waals surface area contributed by atoms with E-state index >= 15 is 0 Å². The first-order chi connectivity index (χ1) is 9.13. The van der Waals surface area contributed by atoms with Crippen LogP contribution in [0.4, 0.5) is 0 Å². The Morgan fingerprint density at radius 1 is 1.47 bits per heavy atom. The number of Topliss-reactive ketones (excluding diaryl/α,β-unsaturated/α-hetero) is 1. The van der Waals surface area contributed by atoms with Crippen LogP contribution in [0.15, 0.2) is 6.07 Å². The van der Waals surface area contributed by atoms with Gasteiger partial charge in [-0.15, -0.1) is 0 Å². The monoisotopic (exact) mass is 263 g/mol. The predicted octanol–water partition coefficient (Wildman–Crippen LogP) is 2.09. The largest absolute Gasteiger partial charge is 0.328 e. The van der Waals surface area contributed by atoms with E-state index in [1.807, 2.05) is 4.68 Å². The maximum atomic E-state index is 12.4. The van der Waals surface area contributed by atoms with Crippen LogP contribution in [-0.4, -0.2) is 21.6 Å². The molecule has 0 spiro atoms. The van der Waals surface area contributed by atoms with Gasteiger partial charge in [0, 0.05) is 30.6 Å². The number of nitrogens with two attached hydrogens (primary N) is 1. The maximum Gasteiger partial charge on any atom is 0.141 e. The highest BCUT2D eigenvalue weighted by Crippen LogP contribution is 2.25. The quantitative estimate of drug-likeness (QED) is 0.885. The summed E-state index contributed by atoms with van der Waals surface area (Å²) >= 11 is 0. The van der Waals surface area contributed by atoms with Crippen LogP contribution in [0, 0.1) is 5.92 Å². The number of hydrogen-bond donors (Lipinski definition) is 1. The molecule has 1 aliphatic rings. The van der Waals surface area contributed by atoms with Crippen LogP contribution in [0.3, 0.4) is 0 Å². The van der Waals surface area contributed by atoms with Crippen molar-refractivity contribution < 1.29 is 4.79 Å². The molecule has 1 heterocycles. The van der Waals surface area contributed by atoms with Crippen LogP contribution in [0.2, 0.25) is 0 Å². The van der Waals surface area contributed by atoms with Gasteiger partial charge in [-0.05, 0) is 38.7 Å². The summed E-state index contributed by atoms with van der Waals surface area (Å²) in [5.74, 6) is 0.501. The van der Waals surface area contributed by atoms with Crippen molar-refractivity contribution >= 4 is 5.78 Å². The minimum absolute atomic E-state index is 0.161. The molecule has 0 saturated heterocycles. The van der Waals surface area contributed by atoms with E-state index < -0.39 is 0 Å². The third-order valence-electron chi connectivity index (χ3n) is 4.10. The van der Waals surface area contributed by atoms with Gasteiger partial charge in [0.05, 0.1) is 5.69 Å². The molecule has 106 valence electrons. The summed E-state index contributed by atoms with van der Waals surface area (Å²) in [6.07, 6.45) is 5.45. The standard InChI is InChI=1S/C15H25N3O/c1-3-13-9-14(18(4-2)17-13)10-15(19)11-6-5-7-12(16)8-11/h9,11-12H,3-8,10,16H2,1-2H3. The fraction of sp³-hybridized carbons (Fsp3) is 0.733. The summed E-state index contributed by atoms with van der Waals surface area (Å²) in [6.45, 7) is 4.98. The van der Waals surface area contributed by atoms with E-state index in [0.29, 0.717) is 12.2 Å². The molecule has 2 unspecified atom stereocenters. The van der Waals surface area contributed by atoms with E-state index in [-0.39, 0.29) is 12.0 Å². The number of hydrogen-bond acceptors (Lipinski definition) is 3. The molecular formula is C15H25N3O. The minimum Gasteiger partial charge on any atom is -0.328 e. The van der Waals surface area contributed by atoms with E-state index in [0.717, 1.165) is 50.0 Å². The highest BCUT2D eigenvalue weighted by atomic mass is 16.1. The van der Waals surface area contributed by atoms with Gasteiger partial charge in [-0.2, -0.15) is 5.10 Å². The molecule has 2 atom stereocenters. The van der Waals surface area contributed by atoms with Gasteiger partial charge in [-0.3, -0.25) is 9.48 Å². The van der Waals surface area contributed by atoms with E-state index in [1.54, 1.807) is 0 Å². The molecule has 0 aromatic carbocycles. The molecule has 4 nitrogen and oxygen atoms in total. The fourth-order valence-electron chi connectivity index (χ4n) is 2.95. The third kappa shape index (κ3) is 3.44. The smallest absolute Gasteiger partial charge is 0.141 e. The average Bonchev–Trinajstić information content (AvgIpc) is 2.81. The van der Waals surface area contributed by atoms with Crippen molar-refractivity contribution in [1.29, 1.82) is 0 Å². The Morgan fingerprint density at radius 3 is 2.89 bits per heavy atom. The first-order valence-corrected chi connectivity index (χ1v) is 7.47. The lowest BCUT2D eigenvalue weighted by Crippen LogP contribution is -2.32. The molecule has 0 aliphatic heterocycles. The van der Waals surface area contributed by atoms with Crippen LogP contribution >= 0.6 is 0 Å². The van der Waals surface area contributed by atoms with Crippen molar-refractivity contribution in [3.63, 3.8) is 0 Å². The Morgan fingerprint density at radius 2 is 2.26 bits per heavy atom. The molecule has 1 fully saturated rings. The number of aryl methyl sites for hydroxylation is 2. The molecule has 1 aliphatic carbocycles. The predicted molar refractivity (Wildman–Crippen MR) is 75.9 cm³/mol. The third-order valence-corrected chi connectivity index (χ3v) is 4.10. The van der Waals surface area contributed by atoms with Crippen molar-refractivity contribution in [3.8, 4) is 0 Å². The van der Waals surface area contributed by atoms with E-state index in [2.05, 4.69) is 25.0 Å². The number of ketones is 1. The van der Waals surface area contributed by atoms with Gasteiger partial charge in [0.1, 0.15) is 5.78 Å². The van der Waals surface area contributed by atoms with Crippen LogP contribution < -0.4 is 5.73 Å². The topological polar surface area (TPSA) is 60.9 Å². The van der Waals surface area contributed by atoms with Crippen LogP contribution in [0.1, 0.15) is 50.9 Å². The lowest BCUT2D eigenvalue weighted by molar-refractivity contribution is -0.123. The molecule has 1 aromatic heterocycles. The van der Waals surface area contributed by atoms with Crippen molar-refractivity contribution in [2.45, 2.75) is 65.0 Å². The molecule has 1 saturated carbocycles. The number of aromatic nitrogens is 2. The van der Waals surface area contributed by atoms with E-state index in [9.17, 15) is 4.79 Å². The van der Waals surface area contributed by atoms with Gasteiger partial charge in [-0.25, -0.2) is 0 Å². The summed E-state index contributed by atoms with van der Waals surface area (Å²) in [6, 6.07) is 2.29. The van der Waals surface area contributed by atoms with Crippen LogP contribution in [0.5, 0.6) is 0 Å². The zero-order valence-electron chi connectivity index (χ0n) is 12.1. The Kier molecular flexibility index (Phi) is 4.75. The van der Waals surface area contributed by atoms with Gasteiger partial charge in [0.15, 0.2) is 0 Å². The Balaban J connectivity index is 2.03. The van der Waals surface area contributed by atoms with Crippen molar-refractivity contribution in [2.24, 2.45) is 11.7 Å².